The van der Waals surface area contributed by atoms with Gasteiger partial charge in [-0.25, -0.2) is 4.79 Å². The van der Waals surface area contributed by atoms with Gasteiger partial charge in [-0.3, -0.25) is 4.79 Å². The van der Waals surface area contributed by atoms with E-state index in [0.717, 1.165) is 0 Å². The van der Waals surface area contributed by atoms with E-state index in [-0.39, 0.29) is 17.1 Å². The van der Waals surface area contributed by atoms with Gasteiger partial charge in [-0.15, -0.1) is 6.42 Å². The molecule has 4 nitrogen and oxygen atoms in total. The van der Waals surface area contributed by atoms with Crippen LogP contribution in [0.4, 0.5) is 0 Å². The fourth-order valence-corrected chi connectivity index (χ4v) is 1.34. The molecule has 1 N–H and O–H groups in total. The minimum atomic E-state index is -0.663. The van der Waals surface area contributed by atoms with E-state index >= 15 is 0 Å². The molecule has 0 aliphatic carbocycles. The fraction of sp³-hybridized carbons (Fsp3) is 0.167. The quantitative estimate of drug-likeness (QED) is 0.679. The van der Waals surface area contributed by atoms with Crippen LogP contribution in [-0.2, 0) is 9.53 Å². The second-order valence-electron chi connectivity index (χ2n) is 3.19. The van der Waals surface area contributed by atoms with Gasteiger partial charge >= 0.3 is 5.97 Å². The van der Waals surface area contributed by atoms with Gasteiger partial charge in [-0.05, 0) is 18.2 Å². The Bertz CT molecular complexity index is 509. The first-order valence-electron chi connectivity index (χ1n) is 4.87. The molecule has 0 aromatic heterocycles. The largest absolute Gasteiger partial charge is 0.452 e. The number of hydrogen-bond donors (Lipinski definition) is 1. The van der Waals surface area contributed by atoms with E-state index in [0.29, 0.717) is 5.02 Å². The van der Waals surface area contributed by atoms with E-state index in [1.807, 2.05) is 0 Å². The van der Waals surface area contributed by atoms with Gasteiger partial charge in [0.15, 0.2) is 6.61 Å². The number of benzene rings is 1. The summed E-state index contributed by atoms with van der Waals surface area (Å²) >= 11 is 11.5. The van der Waals surface area contributed by atoms with Gasteiger partial charge in [0.2, 0.25) is 0 Å². The zero-order chi connectivity index (χ0) is 13.5. The van der Waals surface area contributed by atoms with Crippen molar-refractivity contribution in [3.8, 4) is 12.3 Å². The van der Waals surface area contributed by atoms with E-state index in [2.05, 4.69) is 11.2 Å². The molecular weight excluding hydrogens is 277 g/mol. The Morgan fingerprint density at radius 3 is 2.67 bits per heavy atom. The molecule has 0 saturated carbocycles. The average Bonchev–Trinajstić information content (AvgIpc) is 2.36. The minimum Gasteiger partial charge on any atom is -0.452 e. The molecule has 1 amide bonds. The number of carbonyl (C=O) groups is 2. The first kappa shape index (κ1) is 14.4. The molecule has 0 unspecified atom stereocenters. The third-order valence-corrected chi connectivity index (χ3v) is 2.62. The number of ether oxygens (including phenoxy) is 1. The summed E-state index contributed by atoms with van der Waals surface area (Å²) in [4.78, 5) is 22.7. The highest BCUT2D eigenvalue weighted by molar-refractivity contribution is 6.42. The summed E-state index contributed by atoms with van der Waals surface area (Å²) in [5, 5.41) is 2.93. The summed E-state index contributed by atoms with van der Waals surface area (Å²) in [6.07, 6.45) is 4.95. The molecule has 0 fully saturated rings. The predicted molar refractivity (Wildman–Crippen MR) is 68.6 cm³/mol. The smallest absolute Gasteiger partial charge is 0.338 e. The van der Waals surface area contributed by atoms with Gasteiger partial charge in [0.1, 0.15) is 0 Å². The molecule has 1 aromatic carbocycles. The van der Waals surface area contributed by atoms with Crippen molar-refractivity contribution in [1.82, 2.24) is 5.32 Å². The average molecular weight is 286 g/mol. The number of rotatable bonds is 4. The molecule has 0 bridgehead atoms. The second kappa shape index (κ2) is 6.90. The maximum atomic E-state index is 11.5. The van der Waals surface area contributed by atoms with Gasteiger partial charge in [0.25, 0.3) is 5.91 Å². The molecule has 0 aliphatic rings. The number of nitrogens with one attached hydrogen (secondary N) is 1. The van der Waals surface area contributed by atoms with Crippen LogP contribution in [0.25, 0.3) is 0 Å². The molecule has 0 spiro atoms. The van der Waals surface area contributed by atoms with Crippen molar-refractivity contribution in [2.24, 2.45) is 0 Å². The van der Waals surface area contributed by atoms with Crippen LogP contribution in [0.3, 0.4) is 0 Å². The standard InChI is InChI=1S/C12H9Cl2NO3/c1-2-5-15-11(16)7-18-12(17)8-3-4-9(13)10(14)6-8/h1,3-4,6H,5,7H2,(H,15,16). The zero-order valence-corrected chi connectivity index (χ0v) is 10.7. The van der Waals surface area contributed by atoms with Gasteiger partial charge < -0.3 is 10.1 Å². The Kier molecular flexibility index (Phi) is 5.50. The van der Waals surface area contributed by atoms with Crippen LogP contribution in [0.2, 0.25) is 10.0 Å². The van der Waals surface area contributed by atoms with Gasteiger partial charge in [0.05, 0.1) is 22.2 Å². The van der Waals surface area contributed by atoms with E-state index in [9.17, 15) is 9.59 Å². The summed E-state index contributed by atoms with van der Waals surface area (Å²) in [5.41, 5.74) is 0.217. The number of terminal acetylenes is 1. The summed E-state index contributed by atoms with van der Waals surface area (Å²) in [6.45, 7) is -0.316. The number of hydrogen-bond acceptors (Lipinski definition) is 3. The summed E-state index contributed by atoms with van der Waals surface area (Å²) in [6, 6.07) is 4.29. The van der Waals surface area contributed by atoms with Gasteiger partial charge in [-0.1, -0.05) is 29.1 Å². The van der Waals surface area contributed by atoms with Crippen molar-refractivity contribution in [1.29, 1.82) is 0 Å². The Morgan fingerprint density at radius 2 is 2.06 bits per heavy atom. The lowest BCUT2D eigenvalue weighted by Gasteiger charge is -2.05. The SMILES string of the molecule is C#CCNC(=O)COC(=O)c1ccc(Cl)c(Cl)c1. The second-order valence-corrected chi connectivity index (χ2v) is 4.00. The van der Waals surface area contributed by atoms with Crippen molar-refractivity contribution in [2.45, 2.75) is 0 Å². The number of amides is 1. The van der Waals surface area contributed by atoms with E-state index in [4.69, 9.17) is 34.4 Å². The van der Waals surface area contributed by atoms with Crippen LogP contribution in [0.5, 0.6) is 0 Å². The van der Waals surface area contributed by atoms with Crippen LogP contribution in [0.15, 0.2) is 18.2 Å². The lowest BCUT2D eigenvalue weighted by Crippen LogP contribution is -2.28. The number of carbonyl (C=O) groups excluding carboxylic acids is 2. The lowest BCUT2D eigenvalue weighted by atomic mass is 10.2. The van der Waals surface area contributed by atoms with Crippen LogP contribution in [0, 0.1) is 12.3 Å². The van der Waals surface area contributed by atoms with Crippen molar-refractivity contribution in [3.05, 3.63) is 33.8 Å². The van der Waals surface area contributed by atoms with Gasteiger partial charge in [-0.2, -0.15) is 0 Å². The van der Waals surface area contributed by atoms with Crippen LogP contribution in [-0.4, -0.2) is 25.0 Å². The van der Waals surface area contributed by atoms with E-state index in [1.54, 1.807) is 0 Å². The molecular formula is C12H9Cl2NO3. The molecule has 1 rings (SSSR count). The maximum absolute atomic E-state index is 11.5. The van der Waals surface area contributed by atoms with Crippen LogP contribution < -0.4 is 5.32 Å². The Hall–Kier alpha value is -1.70. The summed E-state index contributed by atoms with van der Waals surface area (Å²) in [5.74, 6) is 1.09. The number of halogens is 2. The van der Waals surface area contributed by atoms with Crippen LogP contribution >= 0.6 is 23.2 Å². The first-order valence-corrected chi connectivity index (χ1v) is 5.62. The van der Waals surface area contributed by atoms with Gasteiger partial charge in [0, 0.05) is 0 Å². The van der Waals surface area contributed by atoms with E-state index < -0.39 is 18.5 Å². The fourth-order valence-electron chi connectivity index (χ4n) is 1.04. The van der Waals surface area contributed by atoms with Crippen molar-refractivity contribution < 1.29 is 14.3 Å². The highest BCUT2D eigenvalue weighted by atomic mass is 35.5. The first-order chi connectivity index (χ1) is 8.54. The Balaban J connectivity index is 2.53. The predicted octanol–water partition coefficient (Wildman–Crippen LogP) is 1.90. The Morgan fingerprint density at radius 1 is 1.33 bits per heavy atom. The van der Waals surface area contributed by atoms with Crippen molar-refractivity contribution in [2.75, 3.05) is 13.2 Å². The van der Waals surface area contributed by atoms with E-state index in [1.165, 1.54) is 18.2 Å². The topological polar surface area (TPSA) is 55.4 Å². The molecule has 18 heavy (non-hydrogen) atoms. The maximum Gasteiger partial charge on any atom is 0.338 e. The highest BCUT2D eigenvalue weighted by Crippen LogP contribution is 2.22. The Labute approximate surface area is 114 Å². The molecule has 0 heterocycles. The normalized spacial score (nSPS) is 9.39. The molecule has 0 radical (unpaired) electrons. The third kappa shape index (κ3) is 4.28. The third-order valence-electron chi connectivity index (χ3n) is 1.88. The molecule has 1 aromatic rings. The number of esters is 1. The summed E-state index contributed by atoms with van der Waals surface area (Å²) in [7, 11) is 0. The molecule has 6 heteroatoms. The van der Waals surface area contributed by atoms with Crippen molar-refractivity contribution >= 4 is 35.1 Å². The molecule has 0 aliphatic heterocycles. The molecule has 94 valence electrons. The summed E-state index contributed by atoms with van der Waals surface area (Å²) < 4.78 is 4.76. The monoisotopic (exact) mass is 285 g/mol. The lowest BCUT2D eigenvalue weighted by molar-refractivity contribution is -0.123. The minimum absolute atomic E-state index is 0.0865. The van der Waals surface area contributed by atoms with Crippen molar-refractivity contribution in [3.63, 3.8) is 0 Å². The highest BCUT2D eigenvalue weighted by Gasteiger charge is 2.11. The molecule has 0 atom stereocenters. The van der Waals surface area contributed by atoms with Crippen LogP contribution in [0.1, 0.15) is 10.4 Å². The molecule has 0 saturated heterocycles. The zero-order valence-electron chi connectivity index (χ0n) is 9.20.